The van der Waals surface area contributed by atoms with Crippen LogP contribution in [0.4, 0.5) is 8.78 Å². The van der Waals surface area contributed by atoms with Gasteiger partial charge in [-0.15, -0.1) is 0 Å². The topological polar surface area (TPSA) is 35.2 Å². The van der Waals surface area contributed by atoms with E-state index in [1.807, 2.05) is 6.92 Å². The Morgan fingerprint density at radius 1 is 1.20 bits per heavy atom. The van der Waals surface area contributed by atoms with Crippen molar-refractivity contribution in [3.8, 4) is 0 Å². The summed E-state index contributed by atoms with van der Waals surface area (Å²) >= 11 is 0. The minimum Gasteiger partial charge on any atom is -0.374 e. The molecule has 2 N–H and O–H groups in total. The number of nitrogens with two attached hydrogens (primary N) is 1. The summed E-state index contributed by atoms with van der Waals surface area (Å²) in [4.78, 5) is 0. The van der Waals surface area contributed by atoms with Crippen molar-refractivity contribution in [1.82, 2.24) is 0 Å². The largest absolute Gasteiger partial charge is 0.374 e. The molecule has 4 heteroatoms. The zero-order valence-electron chi connectivity index (χ0n) is 12.0. The van der Waals surface area contributed by atoms with Crippen molar-refractivity contribution in [3.05, 3.63) is 35.4 Å². The second-order valence-electron chi connectivity index (χ2n) is 5.62. The van der Waals surface area contributed by atoms with Gasteiger partial charge in [-0.25, -0.2) is 8.78 Å². The van der Waals surface area contributed by atoms with Gasteiger partial charge in [-0.05, 0) is 43.9 Å². The molecule has 1 atom stereocenters. The molecule has 1 saturated carbocycles. The van der Waals surface area contributed by atoms with Crippen molar-refractivity contribution in [2.24, 2.45) is 5.73 Å². The third kappa shape index (κ3) is 3.36. The Kier molecular flexibility index (Phi) is 5.11. The fourth-order valence-corrected chi connectivity index (χ4v) is 3.17. The van der Waals surface area contributed by atoms with Crippen LogP contribution in [0.3, 0.4) is 0 Å². The van der Waals surface area contributed by atoms with E-state index in [2.05, 4.69) is 0 Å². The lowest BCUT2D eigenvalue weighted by Gasteiger charge is -2.41. The molecule has 2 rings (SSSR count). The van der Waals surface area contributed by atoms with Gasteiger partial charge < -0.3 is 10.5 Å². The predicted octanol–water partition coefficient (Wildman–Crippen LogP) is 3.57. The van der Waals surface area contributed by atoms with Crippen LogP contribution >= 0.6 is 0 Å². The summed E-state index contributed by atoms with van der Waals surface area (Å²) in [6, 6.07) is 3.80. The van der Waals surface area contributed by atoms with Crippen molar-refractivity contribution in [3.63, 3.8) is 0 Å². The van der Waals surface area contributed by atoms with E-state index in [9.17, 15) is 8.78 Å². The minimum absolute atomic E-state index is 0.187. The van der Waals surface area contributed by atoms with Crippen molar-refractivity contribution >= 4 is 0 Å². The average Bonchev–Trinajstić information content (AvgIpc) is 2.44. The molecule has 1 fully saturated rings. The maximum Gasteiger partial charge on any atom is 0.159 e. The maximum absolute atomic E-state index is 13.3. The SMILES string of the molecule is CCOC1(C(N)Cc2ccc(F)c(F)c2)CCCCC1. The molecule has 0 heterocycles. The molecule has 0 amide bonds. The predicted molar refractivity (Wildman–Crippen MR) is 75.5 cm³/mol. The zero-order chi connectivity index (χ0) is 14.6. The second kappa shape index (κ2) is 6.64. The normalized spacial score (nSPS) is 19.8. The molecule has 1 aromatic carbocycles. The first-order chi connectivity index (χ1) is 9.57. The summed E-state index contributed by atoms with van der Waals surface area (Å²) < 4.78 is 32.2. The van der Waals surface area contributed by atoms with E-state index in [4.69, 9.17) is 10.5 Å². The van der Waals surface area contributed by atoms with Crippen LogP contribution in [0.15, 0.2) is 18.2 Å². The first kappa shape index (κ1) is 15.4. The summed E-state index contributed by atoms with van der Waals surface area (Å²) in [6.07, 6.45) is 5.86. The van der Waals surface area contributed by atoms with Gasteiger partial charge in [0.05, 0.1) is 5.60 Å². The smallest absolute Gasteiger partial charge is 0.159 e. The highest BCUT2D eigenvalue weighted by atomic mass is 19.2. The standard InChI is InChI=1S/C16H23F2NO/c1-2-20-16(8-4-3-5-9-16)15(19)11-12-6-7-13(17)14(18)10-12/h6-7,10,15H,2-5,8-9,11,19H2,1H3. The van der Waals surface area contributed by atoms with E-state index in [1.54, 1.807) is 6.07 Å². The van der Waals surface area contributed by atoms with Gasteiger partial charge in [0.1, 0.15) is 0 Å². The van der Waals surface area contributed by atoms with Crippen molar-refractivity contribution in [1.29, 1.82) is 0 Å². The Morgan fingerprint density at radius 2 is 1.90 bits per heavy atom. The Balaban J connectivity index is 2.11. The van der Waals surface area contributed by atoms with Crippen molar-refractivity contribution in [2.45, 2.75) is 57.1 Å². The summed E-state index contributed by atoms with van der Waals surface area (Å²) in [5.74, 6) is -1.64. The molecule has 0 aromatic heterocycles. The first-order valence-corrected chi connectivity index (χ1v) is 7.41. The van der Waals surface area contributed by atoms with Gasteiger partial charge in [0.2, 0.25) is 0 Å². The van der Waals surface area contributed by atoms with Gasteiger partial charge in [-0.2, -0.15) is 0 Å². The van der Waals surface area contributed by atoms with Crippen molar-refractivity contribution in [2.75, 3.05) is 6.61 Å². The number of ether oxygens (including phenoxy) is 1. The molecule has 1 aromatic rings. The lowest BCUT2D eigenvalue weighted by Crippen LogP contribution is -2.52. The van der Waals surface area contributed by atoms with Gasteiger partial charge in [0.15, 0.2) is 11.6 Å². The summed E-state index contributed by atoms with van der Waals surface area (Å²) in [7, 11) is 0. The zero-order valence-corrected chi connectivity index (χ0v) is 12.0. The summed E-state index contributed by atoms with van der Waals surface area (Å²) in [5, 5.41) is 0. The fourth-order valence-electron chi connectivity index (χ4n) is 3.17. The number of hydrogen-bond acceptors (Lipinski definition) is 2. The molecule has 0 radical (unpaired) electrons. The average molecular weight is 283 g/mol. The van der Waals surface area contributed by atoms with Crippen LogP contribution in [0.25, 0.3) is 0 Å². The summed E-state index contributed by atoms with van der Waals surface area (Å²) in [6.45, 7) is 2.60. The molecular formula is C16H23F2NO. The number of rotatable bonds is 5. The van der Waals surface area contributed by atoms with Crippen LogP contribution in [0.2, 0.25) is 0 Å². The molecule has 0 aliphatic heterocycles. The van der Waals surface area contributed by atoms with Crippen LogP contribution in [-0.4, -0.2) is 18.2 Å². The number of halogens is 2. The highest BCUT2D eigenvalue weighted by molar-refractivity contribution is 5.20. The molecule has 0 bridgehead atoms. The Morgan fingerprint density at radius 3 is 2.50 bits per heavy atom. The quantitative estimate of drug-likeness (QED) is 0.896. The lowest BCUT2D eigenvalue weighted by molar-refractivity contribution is -0.0817. The minimum atomic E-state index is -0.820. The molecule has 112 valence electrons. The number of hydrogen-bond donors (Lipinski definition) is 1. The molecule has 1 unspecified atom stereocenters. The first-order valence-electron chi connectivity index (χ1n) is 7.41. The summed E-state index contributed by atoms with van der Waals surface area (Å²) in [5.41, 5.74) is 6.76. The van der Waals surface area contributed by atoms with Crippen molar-refractivity contribution < 1.29 is 13.5 Å². The highest BCUT2D eigenvalue weighted by Gasteiger charge is 2.38. The van der Waals surface area contributed by atoms with Crippen LogP contribution < -0.4 is 5.73 Å². The molecule has 2 nitrogen and oxygen atoms in total. The molecular weight excluding hydrogens is 260 g/mol. The monoisotopic (exact) mass is 283 g/mol. The van der Waals surface area contributed by atoms with Crippen LogP contribution in [-0.2, 0) is 11.2 Å². The van der Waals surface area contributed by atoms with Crippen LogP contribution in [0, 0.1) is 11.6 Å². The second-order valence-corrected chi connectivity index (χ2v) is 5.62. The maximum atomic E-state index is 13.3. The number of benzene rings is 1. The Hall–Kier alpha value is -1.00. The Labute approximate surface area is 119 Å². The van der Waals surface area contributed by atoms with Crippen LogP contribution in [0.5, 0.6) is 0 Å². The Bertz CT molecular complexity index is 439. The van der Waals surface area contributed by atoms with Gasteiger partial charge in [0.25, 0.3) is 0 Å². The van der Waals surface area contributed by atoms with E-state index in [0.29, 0.717) is 13.0 Å². The molecule has 1 aliphatic carbocycles. The van der Waals surface area contributed by atoms with Crippen LogP contribution in [0.1, 0.15) is 44.6 Å². The third-order valence-electron chi connectivity index (χ3n) is 4.25. The third-order valence-corrected chi connectivity index (χ3v) is 4.25. The molecule has 0 saturated heterocycles. The van der Waals surface area contributed by atoms with E-state index >= 15 is 0 Å². The molecule has 0 spiro atoms. The van der Waals surface area contributed by atoms with E-state index in [0.717, 1.165) is 37.3 Å². The van der Waals surface area contributed by atoms with E-state index < -0.39 is 11.6 Å². The van der Waals surface area contributed by atoms with E-state index in [-0.39, 0.29) is 11.6 Å². The van der Waals surface area contributed by atoms with Gasteiger partial charge >= 0.3 is 0 Å². The molecule has 1 aliphatic rings. The van der Waals surface area contributed by atoms with Gasteiger partial charge in [0, 0.05) is 12.6 Å². The molecule has 20 heavy (non-hydrogen) atoms. The lowest BCUT2D eigenvalue weighted by atomic mass is 9.77. The highest BCUT2D eigenvalue weighted by Crippen LogP contribution is 2.35. The van der Waals surface area contributed by atoms with Gasteiger partial charge in [-0.1, -0.05) is 25.3 Å². The van der Waals surface area contributed by atoms with Gasteiger partial charge in [-0.3, -0.25) is 0 Å². The van der Waals surface area contributed by atoms with E-state index in [1.165, 1.54) is 12.5 Å². The fraction of sp³-hybridized carbons (Fsp3) is 0.625.